The Morgan fingerprint density at radius 3 is 2.63 bits per heavy atom. The molecule has 112 valence electrons. The van der Waals surface area contributed by atoms with Crippen LogP contribution in [0.25, 0.3) is 0 Å². The number of rotatable bonds is 3. The molecular weight excluding hydrogens is 236 g/mol. The number of hydrogen-bond acceptors (Lipinski definition) is 3. The van der Waals surface area contributed by atoms with Gasteiger partial charge in [-0.2, -0.15) is 0 Å². The third-order valence-electron chi connectivity index (χ3n) is 5.88. The van der Waals surface area contributed by atoms with E-state index in [1.807, 2.05) is 7.11 Å². The maximum Gasteiger partial charge on any atom is 0.0777 e. The van der Waals surface area contributed by atoms with Crippen LogP contribution < -0.4 is 5.73 Å². The normalized spacial score (nSPS) is 45.3. The minimum absolute atomic E-state index is 0.0171. The van der Waals surface area contributed by atoms with Crippen molar-refractivity contribution < 1.29 is 4.74 Å². The van der Waals surface area contributed by atoms with Crippen LogP contribution in [0.2, 0.25) is 0 Å². The summed E-state index contributed by atoms with van der Waals surface area (Å²) in [5.74, 6) is 1.55. The van der Waals surface area contributed by atoms with Crippen molar-refractivity contribution in [3.05, 3.63) is 0 Å². The Hall–Kier alpha value is -0.120. The molecule has 3 nitrogen and oxygen atoms in total. The van der Waals surface area contributed by atoms with Gasteiger partial charge in [0.15, 0.2) is 0 Å². The molecule has 1 saturated carbocycles. The molecule has 0 aromatic rings. The number of ether oxygens (including phenoxy) is 1. The van der Waals surface area contributed by atoms with Crippen molar-refractivity contribution in [3.63, 3.8) is 0 Å². The summed E-state index contributed by atoms with van der Waals surface area (Å²) in [5, 5.41) is 0. The van der Waals surface area contributed by atoms with Crippen molar-refractivity contribution in [3.8, 4) is 0 Å². The van der Waals surface area contributed by atoms with Gasteiger partial charge in [0.05, 0.1) is 5.60 Å². The maximum absolute atomic E-state index is 6.25. The van der Waals surface area contributed by atoms with Gasteiger partial charge in [0.25, 0.3) is 0 Å². The van der Waals surface area contributed by atoms with Crippen LogP contribution in [-0.2, 0) is 4.74 Å². The van der Waals surface area contributed by atoms with Crippen molar-refractivity contribution in [2.45, 2.75) is 64.0 Å². The van der Waals surface area contributed by atoms with Crippen molar-refractivity contribution in [1.82, 2.24) is 4.90 Å². The number of piperidine rings is 1. The molecule has 19 heavy (non-hydrogen) atoms. The number of hydrogen-bond donors (Lipinski definition) is 1. The zero-order valence-electron chi connectivity index (χ0n) is 13.2. The van der Waals surface area contributed by atoms with E-state index in [0.717, 1.165) is 19.0 Å². The number of nitrogens with two attached hydrogens (primary N) is 1. The summed E-state index contributed by atoms with van der Waals surface area (Å²) in [7, 11) is 1.85. The van der Waals surface area contributed by atoms with Gasteiger partial charge in [0, 0.05) is 25.7 Å². The van der Waals surface area contributed by atoms with Crippen LogP contribution >= 0.6 is 0 Å². The zero-order chi connectivity index (χ0) is 14.1. The molecule has 0 aromatic carbocycles. The molecule has 0 bridgehead atoms. The first kappa shape index (κ1) is 15.3. The van der Waals surface area contributed by atoms with E-state index in [0.29, 0.717) is 5.92 Å². The lowest BCUT2D eigenvalue weighted by molar-refractivity contribution is -0.102. The van der Waals surface area contributed by atoms with Crippen molar-refractivity contribution >= 4 is 0 Å². The third-order valence-corrected chi connectivity index (χ3v) is 5.88. The molecule has 3 heteroatoms. The molecule has 2 aliphatic rings. The summed E-state index contributed by atoms with van der Waals surface area (Å²) in [6.45, 7) is 10.1. The second-order valence-electron chi connectivity index (χ2n) is 7.27. The fraction of sp³-hybridized carbons (Fsp3) is 1.00. The Labute approximate surface area is 118 Å². The number of likely N-dealkylation sites (tertiary alicyclic amines) is 1. The van der Waals surface area contributed by atoms with E-state index in [-0.39, 0.29) is 11.1 Å². The maximum atomic E-state index is 6.25. The topological polar surface area (TPSA) is 38.5 Å². The van der Waals surface area contributed by atoms with Crippen LogP contribution in [-0.4, -0.2) is 42.8 Å². The molecule has 1 aliphatic carbocycles. The average molecular weight is 268 g/mol. The van der Waals surface area contributed by atoms with Gasteiger partial charge in [-0.05, 0) is 57.4 Å². The molecule has 2 N–H and O–H groups in total. The lowest BCUT2D eigenvalue weighted by atomic mass is 9.68. The highest BCUT2D eigenvalue weighted by molar-refractivity contribution is 5.02. The molecule has 4 atom stereocenters. The smallest absolute Gasteiger partial charge is 0.0777 e. The summed E-state index contributed by atoms with van der Waals surface area (Å²) in [6.07, 6.45) is 6.30. The van der Waals surface area contributed by atoms with E-state index < -0.39 is 0 Å². The predicted molar refractivity (Wildman–Crippen MR) is 80.2 cm³/mol. The summed E-state index contributed by atoms with van der Waals surface area (Å²) in [5.41, 5.74) is 6.48. The first-order valence-electron chi connectivity index (χ1n) is 7.96. The molecule has 2 rings (SSSR count). The highest BCUT2D eigenvalue weighted by Gasteiger charge is 2.47. The van der Waals surface area contributed by atoms with Gasteiger partial charge < -0.3 is 10.5 Å². The predicted octanol–water partition coefficient (Wildman–Crippen LogP) is 2.64. The molecule has 1 aliphatic heterocycles. The van der Waals surface area contributed by atoms with Gasteiger partial charge >= 0.3 is 0 Å². The molecule has 4 unspecified atom stereocenters. The first-order valence-corrected chi connectivity index (χ1v) is 7.96. The van der Waals surface area contributed by atoms with E-state index in [1.54, 1.807) is 0 Å². The van der Waals surface area contributed by atoms with Crippen LogP contribution in [0, 0.1) is 11.8 Å². The molecule has 0 amide bonds. The molecule has 0 radical (unpaired) electrons. The van der Waals surface area contributed by atoms with Crippen molar-refractivity contribution in [2.24, 2.45) is 17.6 Å². The number of nitrogens with zero attached hydrogens (tertiary/aromatic N) is 1. The van der Waals surface area contributed by atoms with Crippen molar-refractivity contribution in [2.75, 3.05) is 26.7 Å². The molecule has 1 heterocycles. The van der Waals surface area contributed by atoms with Gasteiger partial charge in [-0.15, -0.1) is 0 Å². The molecule has 1 saturated heterocycles. The summed E-state index contributed by atoms with van der Waals surface area (Å²) < 4.78 is 5.76. The van der Waals surface area contributed by atoms with Crippen LogP contribution in [0.1, 0.15) is 52.9 Å². The van der Waals surface area contributed by atoms with Crippen LogP contribution in [0.3, 0.4) is 0 Å². The minimum atomic E-state index is 0.0171. The molecule has 0 spiro atoms. The van der Waals surface area contributed by atoms with E-state index >= 15 is 0 Å². The van der Waals surface area contributed by atoms with E-state index in [9.17, 15) is 0 Å². The fourth-order valence-electron chi connectivity index (χ4n) is 4.34. The molecule has 0 aromatic heterocycles. The minimum Gasteiger partial charge on any atom is -0.377 e. The van der Waals surface area contributed by atoms with Gasteiger partial charge in [-0.3, -0.25) is 4.90 Å². The monoisotopic (exact) mass is 268 g/mol. The third kappa shape index (κ3) is 2.84. The Morgan fingerprint density at radius 2 is 2.05 bits per heavy atom. The standard InChI is InChI=1S/C16H32N2O/c1-13-6-8-16(11-17,14(2)10-13)18-9-5-7-15(3,12-18)19-4/h13-14H,5-12,17H2,1-4H3. The largest absolute Gasteiger partial charge is 0.377 e. The molecule has 2 fully saturated rings. The average Bonchev–Trinajstić information content (AvgIpc) is 2.39. The highest BCUT2D eigenvalue weighted by Crippen LogP contribution is 2.42. The molecular formula is C16H32N2O. The van der Waals surface area contributed by atoms with Gasteiger partial charge in [-0.25, -0.2) is 0 Å². The Kier molecular flexibility index (Phi) is 4.59. The summed E-state index contributed by atoms with van der Waals surface area (Å²) >= 11 is 0. The lowest BCUT2D eigenvalue weighted by Gasteiger charge is -2.55. The first-order chi connectivity index (χ1) is 8.96. The SMILES string of the molecule is COC1(C)CCCN(C2(CN)CCC(C)CC2C)C1. The summed E-state index contributed by atoms with van der Waals surface area (Å²) in [6, 6.07) is 0. The van der Waals surface area contributed by atoms with E-state index in [2.05, 4.69) is 25.7 Å². The van der Waals surface area contributed by atoms with E-state index in [1.165, 1.54) is 38.6 Å². The fourth-order valence-corrected chi connectivity index (χ4v) is 4.34. The Bertz CT molecular complexity index is 309. The zero-order valence-corrected chi connectivity index (χ0v) is 13.2. The van der Waals surface area contributed by atoms with Gasteiger partial charge in [0.1, 0.15) is 0 Å². The van der Waals surface area contributed by atoms with Crippen molar-refractivity contribution in [1.29, 1.82) is 0 Å². The van der Waals surface area contributed by atoms with Gasteiger partial charge in [0.2, 0.25) is 0 Å². The van der Waals surface area contributed by atoms with E-state index in [4.69, 9.17) is 10.5 Å². The number of methoxy groups -OCH3 is 1. The highest BCUT2D eigenvalue weighted by atomic mass is 16.5. The lowest BCUT2D eigenvalue weighted by Crippen LogP contribution is -2.64. The quantitative estimate of drug-likeness (QED) is 0.855. The Morgan fingerprint density at radius 1 is 1.32 bits per heavy atom. The van der Waals surface area contributed by atoms with Gasteiger partial charge in [-0.1, -0.05) is 13.8 Å². The van der Waals surface area contributed by atoms with Crippen LogP contribution in [0.5, 0.6) is 0 Å². The van der Waals surface area contributed by atoms with Crippen LogP contribution in [0.15, 0.2) is 0 Å². The van der Waals surface area contributed by atoms with Crippen LogP contribution in [0.4, 0.5) is 0 Å². The summed E-state index contributed by atoms with van der Waals surface area (Å²) in [4.78, 5) is 2.66. The second-order valence-corrected chi connectivity index (χ2v) is 7.27. The Balaban J connectivity index is 2.16. The second kappa shape index (κ2) is 5.71.